The van der Waals surface area contributed by atoms with E-state index in [0.717, 1.165) is 0 Å². The Hall–Kier alpha value is -2.41. The number of hydrogen-bond acceptors (Lipinski definition) is 6. The number of benzene rings is 1. The van der Waals surface area contributed by atoms with Gasteiger partial charge >= 0.3 is 5.97 Å². The molecule has 2 rings (SSSR count). The molecule has 5 atom stereocenters. The van der Waals surface area contributed by atoms with Crippen LogP contribution in [-0.4, -0.2) is 53.3 Å². The van der Waals surface area contributed by atoms with Gasteiger partial charge in [0.05, 0.1) is 25.7 Å². The number of hydrogen-bond donors (Lipinski definition) is 3. The maximum Gasteiger partial charge on any atom is 0.309 e. The van der Waals surface area contributed by atoms with Gasteiger partial charge in [-0.2, -0.15) is 0 Å². The van der Waals surface area contributed by atoms with Crippen LogP contribution in [0.25, 0.3) is 0 Å². The van der Waals surface area contributed by atoms with E-state index in [-0.39, 0.29) is 30.8 Å². The fourth-order valence-corrected chi connectivity index (χ4v) is 3.36. The summed E-state index contributed by atoms with van der Waals surface area (Å²) in [7, 11) is 1.34. The molecule has 29 heavy (non-hydrogen) atoms. The normalized spacial score (nSPS) is 25.8. The van der Waals surface area contributed by atoms with Crippen molar-refractivity contribution in [3.8, 4) is 5.75 Å². The first-order valence-corrected chi connectivity index (χ1v) is 9.80. The summed E-state index contributed by atoms with van der Waals surface area (Å²) in [6.45, 7) is 0.113. The van der Waals surface area contributed by atoms with Crippen LogP contribution in [0.4, 0.5) is 0 Å². The Bertz CT molecular complexity index is 697. The number of para-hydroxylation sites is 1. The lowest BCUT2D eigenvalue weighted by Gasteiger charge is -2.19. The number of methoxy groups -OCH3 is 1. The minimum absolute atomic E-state index is 0.113. The van der Waals surface area contributed by atoms with Gasteiger partial charge in [-0.25, -0.2) is 0 Å². The van der Waals surface area contributed by atoms with Crippen LogP contribution in [0.3, 0.4) is 0 Å². The number of rotatable bonds is 10. The molecule has 1 saturated carbocycles. The van der Waals surface area contributed by atoms with Gasteiger partial charge < -0.3 is 24.8 Å². The molecular formula is C23H30O6. The quantitative estimate of drug-likeness (QED) is 0.316. The molecule has 6 nitrogen and oxygen atoms in total. The molecule has 0 bridgehead atoms. The average molecular weight is 402 g/mol. The molecule has 0 radical (unpaired) electrons. The molecule has 0 amide bonds. The minimum atomic E-state index is -0.808. The Labute approximate surface area is 171 Å². The van der Waals surface area contributed by atoms with E-state index in [0.29, 0.717) is 18.6 Å². The third kappa shape index (κ3) is 7.85. The summed E-state index contributed by atoms with van der Waals surface area (Å²) in [5, 5.41) is 30.7. The topological polar surface area (TPSA) is 96.2 Å². The van der Waals surface area contributed by atoms with E-state index in [1.54, 1.807) is 24.3 Å². The van der Waals surface area contributed by atoms with Gasteiger partial charge in [-0.15, -0.1) is 0 Å². The van der Waals surface area contributed by atoms with Crippen LogP contribution in [0.1, 0.15) is 19.3 Å². The van der Waals surface area contributed by atoms with Crippen molar-refractivity contribution in [1.29, 1.82) is 0 Å². The fraction of sp³-hybridized carbons (Fsp3) is 0.435. The van der Waals surface area contributed by atoms with E-state index in [1.807, 2.05) is 42.5 Å². The molecule has 0 saturated heterocycles. The highest BCUT2D eigenvalue weighted by Crippen LogP contribution is 2.36. The summed E-state index contributed by atoms with van der Waals surface area (Å²) >= 11 is 0. The molecule has 0 aliphatic heterocycles. The van der Waals surface area contributed by atoms with Crippen molar-refractivity contribution in [2.24, 2.45) is 11.8 Å². The van der Waals surface area contributed by atoms with Crippen molar-refractivity contribution in [3.63, 3.8) is 0 Å². The van der Waals surface area contributed by atoms with Gasteiger partial charge in [-0.3, -0.25) is 4.79 Å². The summed E-state index contributed by atoms with van der Waals surface area (Å²) in [6, 6.07) is 9.23. The molecule has 1 aromatic rings. The third-order valence-corrected chi connectivity index (χ3v) is 4.94. The molecule has 1 aliphatic rings. The Kier molecular flexibility index (Phi) is 9.64. The molecular weight excluding hydrogens is 372 g/mol. The first kappa shape index (κ1) is 22.9. The van der Waals surface area contributed by atoms with Crippen LogP contribution in [0.5, 0.6) is 5.75 Å². The van der Waals surface area contributed by atoms with Crippen molar-refractivity contribution in [3.05, 3.63) is 66.8 Å². The SMILES string of the molecule is COC(=O)CC=CC=CCC1C(O)CC(O)[C@H]1C=C[C@@H](O)COc1ccccc1. The van der Waals surface area contributed by atoms with Crippen LogP contribution in [0.2, 0.25) is 0 Å². The largest absolute Gasteiger partial charge is 0.491 e. The summed E-state index contributed by atoms with van der Waals surface area (Å²) in [5.74, 6) is -0.0163. The number of carbonyl (C=O) groups is 1. The zero-order valence-corrected chi connectivity index (χ0v) is 16.6. The second-order valence-corrected chi connectivity index (χ2v) is 7.06. The van der Waals surface area contributed by atoms with E-state index in [2.05, 4.69) is 4.74 Å². The molecule has 0 aromatic heterocycles. The van der Waals surface area contributed by atoms with E-state index in [1.165, 1.54) is 7.11 Å². The molecule has 1 aromatic carbocycles. The lowest BCUT2D eigenvalue weighted by Crippen LogP contribution is -2.21. The molecule has 3 unspecified atom stereocenters. The molecule has 1 fully saturated rings. The highest BCUT2D eigenvalue weighted by Gasteiger charge is 2.39. The lowest BCUT2D eigenvalue weighted by atomic mass is 9.90. The Morgan fingerprint density at radius 3 is 2.62 bits per heavy atom. The second-order valence-electron chi connectivity index (χ2n) is 7.06. The van der Waals surface area contributed by atoms with Crippen LogP contribution in [-0.2, 0) is 9.53 Å². The number of ether oxygens (including phenoxy) is 2. The monoisotopic (exact) mass is 402 g/mol. The second kappa shape index (κ2) is 12.2. The van der Waals surface area contributed by atoms with Gasteiger partial charge in [0.15, 0.2) is 0 Å². The molecule has 0 heterocycles. The molecule has 158 valence electrons. The lowest BCUT2D eigenvalue weighted by molar-refractivity contribution is -0.139. The minimum Gasteiger partial charge on any atom is -0.491 e. The number of carbonyl (C=O) groups excluding carboxylic acids is 1. The van der Waals surface area contributed by atoms with Crippen LogP contribution in [0, 0.1) is 11.8 Å². The Balaban J connectivity index is 1.84. The third-order valence-electron chi connectivity index (χ3n) is 4.94. The van der Waals surface area contributed by atoms with Crippen molar-refractivity contribution in [2.75, 3.05) is 13.7 Å². The number of esters is 1. The van der Waals surface area contributed by atoms with E-state index in [9.17, 15) is 20.1 Å². The summed E-state index contributed by atoms with van der Waals surface area (Å²) in [5.41, 5.74) is 0. The average Bonchev–Trinajstić information content (AvgIpc) is 3.00. The maximum absolute atomic E-state index is 11.0. The summed E-state index contributed by atoms with van der Waals surface area (Å²) < 4.78 is 10.1. The van der Waals surface area contributed by atoms with Crippen LogP contribution in [0.15, 0.2) is 66.8 Å². The van der Waals surface area contributed by atoms with Gasteiger partial charge in [0.1, 0.15) is 18.5 Å². The molecule has 3 N–H and O–H groups in total. The van der Waals surface area contributed by atoms with Gasteiger partial charge in [-0.1, -0.05) is 54.7 Å². The number of aliphatic hydroxyl groups excluding tert-OH is 3. The zero-order chi connectivity index (χ0) is 21.1. The highest BCUT2D eigenvalue weighted by molar-refractivity contribution is 5.70. The van der Waals surface area contributed by atoms with Crippen molar-refractivity contribution >= 4 is 5.97 Å². The van der Waals surface area contributed by atoms with Gasteiger partial charge in [0, 0.05) is 12.3 Å². The van der Waals surface area contributed by atoms with Gasteiger partial charge in [0.25, 0.3) is 0 Å². The zero-order valence-electron chi connectivity index (χ0n) is 16.6. The summed E-state index contributed by atoms with van der Waals surface area (Å²) in [4.78, 5) is 11.0. The molecule has 0 spiro atoms. The van der Waals surface area contributed by atoms with Crippen LogP contribution >= 0.6 is 0 Å². The van der Waals surface area contributed by atoms with Gasteiger partial charge in [0.2, 0.25) is 0 Å². The molecule has 6 heteroatoms. The number of aliphatic hydroxyl groups is 3. The standard InChI is InChI=1S/C23H30O6/c1-28-23(27)12-8-3-2-7-11-19-20(22(26)15-21(19)25)14-13-17(24)16-29-18-9-5-4-6-10-18/h2-10,13-14,17,19-22,24-26H,11-12,15-16H2,1H3/t17-,19?,20+,21?,22?/m1/s1. The Morgan fingerprint density at radius 2 is 1.90 bits per heavy atom. The number of allylic oxidation sites excluding steroid dienone is 3. The first-order chi connectivity index (χ1) is 14.0. The van der Waals surface area contributed by atoms with Crippen LogP contribution < -0.4 is 4.74 Å². The predicted octanol–water partition coefficient (Wildman–Crippen LogP) is 2.41. The van der Waals surface area contributed by atoms with E-state index >= 15 is 0 Å². The van der Waals surface area contributed by atoms with E-state index < -0.39 is 18.3 Å². The predicted molar refractivity (Wildman–Crippen MR) is 110 cm³/mol. The van der Waals surface area contributed by atoms with Crippen molar-refractivity contribution in [2.45, 2.75) is 37.6 Å². The highest BCUT2D eigenvalue weighted by atomic mass is 16.5. The first-order valence-electron chi connectivity index (χ1n) is 9.80. The van der Waals surface area contributed by atoms with Crippen molar-refractivity contribution < 1.29 is 29.6 Å². The smallest absolute Gasteiger partial charge is 0.309 e. The summed E-state index contributed by atoms with van der Waals surface area (Å²) in [6.07, 6.45) is 9.56. The van der Waals surface area contributed by atoms with E-state index in [4.69, 9.17) is 4.74 Å². The van der Waals surface area contributed by atoms with Crippen molar-refractivity contribution in [1.82, 2.24) is 0 Å². The maximum atomic E-state index is 11.0. The molecule has 1 aliphatic carbocycles. The Morgan fingerprint density at radius 1 is 1.17 bits per heavy atom. The fourth-order valence-electron chi connectivity index (χ4n) is 3.36. The van der Waals surface area contributed by atoms with Gasteiger partial charge in [-0.05, 0) is 24.5 Å².